The number of carbonyl (C=O) groups excluding carboxylic acids is 2. The van der Waals surface area contributed by atoms with Crippen molar-refractivity contribution in [1.29, 1.82) is 0 Å². The number of nitrogens with one attached hydrogen (secondary N) is 1. The van der Waals surface area contributed by atoms with Crippen LogP contribution in [0.5, 0.6) is 0 Å². The summed E-state index contributed by atoms with van der Waals surface area (Å²) < 4.78 is 4.46. The number of methoxy groups -OCH3 is 1. The maximum atomic E-state index is 11.3. The molecule has 0 aromatic rings. The second kappa shape index (κ2) is 4.41. The molecule has 0 heterocycles. The lowest BCUT2D eigenvalue weighted by Crippen LogP contribution is -2.48. The van der Waals surface area contributed by atoms with Crippen molar-refractivity contribution in [2.75, 3.05) is 7.11 Å². The van der Waals surface area contributed by atoms with E-state index in [2.05, 4.69) is 10.1 Å². The smallest absolute Gasteiger partial charge is 0.331 e. The van der Waals surface area contributed by atoms with Gasteiger partial charge >= 0.3 is 5.97 Å². The van der Waals surface area contributed by atoms with Crippen LogP contribution in [0.1, 0.15) is 19.8 Å². The Morgan fingerprint density at radius 3 is 2.43 bits per heavy atom. The molecule has 0 saturated heterocycles. The fourth-order valence-electron chi connectivity index (χ4n) is 1.12. The minimum atomic E-state index is -0.951. The van der Waals surface area contributed by atoms with Crippen molar-refractivity contribution in [2.45, 2.75) is 31.9 Å². The molecule has 0 bridgehead atoms. The van der Waals surface area contributed by atoms with Gasteiger partial charge in [0.2, 0.25) is 5.91 Å². The first kappa shape index (κ1) is 11.0. The Bertz CT molecular complexity index is 235. The zero-order chi connectivity index (χ0) is 10.7. The summed E-state index contributed by atoms with van der Waals surface area (Å²) >= 11 is 0. The van der Waals surface area contributed by atoms with E-state index >= 15 is 0 Å². The minimum absolute atomic E-state index is 0.0147. The molecule has 0 spiro atoms. The second-order valence-electron chi connectivity index (χ2n) is 3.52. The first-order valence-corrected chi connectivity index (χ1v) is 4.62. The summed E-state index contributed by atoms with van der Waals surface area (Å²) in [6.07, 6.45) is 0.782. The van der Waals surface area contributed by atoms with Crippen molar-refractivity contribution in [1.82, 2.24) is 5.32 Å². The number of hydrogen-bond acceptors (Lipinski definition) is 4. The van der Waals surface area contributed by atoms with Crippen molar-refractivity contribution < 1.29 is 19.4 Å². The zero-order valence-electron chi connectivity index (χ0n) is 8.32. The quantitative estimate of drug-likeness (QED) is 0.597. The van der Waals surface area contributed by atoms with Gasteiger partial charge in [0.25, 0.3) is 0 Å². The number of ether oxygens (including phenoxy) is 1. The Morgan fingerprint density at radius 2 is 2.07 bits per heavy atom. The van der Waals surface area contributed by atoms with Crippen LogP contribution in [0.25, 0.3) is 0 Å². The molecular formula is C9H15NO4. The number of esters is 1. The van der Waals surface area contributed by atoms with Crippen LogP contribution in [0.4, 0.5) is 0 Å². The molecule has 1 aliphatic carbocycles. The summed E-state index contributed by atoms with van der Waals surface area (Å²) in [5.74, 6) is -0.781. The standard InChI is InChI=1S/C9H15NO4/c1-5(11)7(9(13)14-2)10-8(12)6-3-4-6/h5-7,11H,3-4H2,1-2H3,(H,10,12)/t5-,7+/m1/s1. The first-order chi connectivity index (χ1) is 6.56. The summed E-state index contributed by atoms with van der Waals surface area (Å²) in [7, 11) is 1.22. The molecule has 2 atom stereocenters. The van der Waals surface area contributed by atoms with Gasteiger partial charge in [-0.05, 0) is 19.8 Å². The molecule has 1 amide bonds. The molecule has 0 aromatic heterocycles. The van der Waals surface area contributed by atoms with Gasteiger partial charge in [0, 0.05) is 5.92 Å². The van der Waals surface area contributed by atoms with Gasteiger partial charge in [-0.3, -0.25) is 4.79 Å². The SMILES string of the molecule is COC(=O)[C@@H](NC(=O)C1CC1)[C@@H](C)O. The molecule has 5 nitrogen and oxygen atoms in total. The fourth-order valence-corrected chi connectivity index (χ4v) is 1.12. The van der Waals surface area contributed by atoms with Gasteiger partial charge in [-0.2, -0.15) is 0 Å². The summed E-state index contributed by atoms with van der Waals surface area (Å²) in [5.41, 5.74) is 0. The second-order valence-corrected chi connectivity index (χ2v) is 3.52. The van der Waals surface area contributed by atoms with E-state index in [1.807, 2.05) is 0 Å². The van der Waals surface area contributed by atoms with Gasteiger partial charge in [0.05, 0.1) is 13.2 Å². The average molecular weight is 201 g/mol. The summed E-state index contributed by atoms with van der Waals surface area (Å²) in [4.78, 5) is 22.4. The number of aliphatic hydroxyl groups excluding tert-OH is 1. The Balaban J connectivity index is 2.49. The highest BCUT2D eigenvalue weighted by Crippen LogP contribution is 2.28. The maximum Gasteiger partial charge on any atom is 0.331 e. The maximum absolute atomic E-state index is 11.3. The van der Waals surface area contributed by atoms with E-state index < -0.39 is 18.1 Å². The Labute approximate surface area is 82.4 Å². The van der Waals surface area contributed by atoms with E-state index in [1.165, 1.54) is 14.0 Å². The average Bonchev–Trinajstić information content (AvgIpc) is 2.95. The number of rotatable bonds is 4. The van der Waals surface area contributed by atoms with E-state index in [9.17, 15) is 14.7 Å². The Morgan fingerprint density at radius 1 is 1.50 bits per heavy atom. The van der Waals surface area contributed by atoms with Gasteiger partial charge in [-0.25, -0.2) is 4.79 Å². The largest absolute Gasteiger partial charge is 0.467 e. The van der Waals surface area contributed by atoms with Crippen molar-refractivity contribution in [3.63, 3.8) is 0 Å². The zero-order valence-corrected chi connectivity index (χ0v) is 8.32. The monoisotopic (exact) mass is 201 g/mol. The highest BCUT2D eigenvalue weighted by atomic mass is 16.5. The normalized spacial score (nSPS) is 19.6. The molecular weight excluding hydrogens is 186 g/mol. The highest BCUT2D eigenvalue weighted by Gasteiger charge is 2.34. The number of carbonyl (C=O) groups is 2. The van der Waals surface area contributed by atoms with Crippen molar-refractivity contribution in [3.05, 3.63) is 0 Å². The van der Waals surface area contributed by atoms with Crippen LogP contribution in [-0.4, -0.2) is 36.2 Å². The predicted octanol–water partition coefficient (Wildman–Crippen LogP) is -0.565. The number of amides is 1. The third kappa shape index (κ3) is 2.70. The Hall–Kier alpha value is -1.10. The van der Waals surface area contributed by atoms with E-state index in [0.29, 0.717) is 0 Å². The van der Waals surface area contributed by atoms with Crippen molar-refractivity contribution in [2.24, 2.45) is 5.92 Å². The topological polar surface area (TPSA) is 75.6 Å². The molecule has 80 valence electrons. The summed E-state index contributed by atoms with van der Waals surface area (Å²) in [6.45, 7) is 1.44. The molecule has 1 saturated carbocycles. The van der Waals surface area contributed by atoms with Gasteiger partial charge < -0.3 is 15.2 Å². The van der Waals surface area contributed by atoms with Crippen LogP contribution in [0, 0.1) is 5.92 Å². The predicted molar refractivity (Wildman–Crippen MR) is 48.4 cm³/mol. The van der Waals surface area contributed by atoms with Crippen LogP contribution in [0.15, 0.2) is 0 Å². The molecule has 5 heteroatoms. The van der Waals surface area contributed by atoms with Crippen LogP contribution in [-0.2, 0) is 14.3 Å². The molecule has 0 aromatic carbocycles. The third-order valence-electron chi connectivity index (χ3n) is 2.18. The fraction of sp³-hybridized carbons (Fsp3) is 0.778. The van der Waals surface area contributed by atoms with Crippen LogP contribution >= 0.6 is 0 Å². The lowest BCUT2D eigenvalue weighted by atomic mass is 10.2. The van der Waals surface area contributed by atoms with Gasteiger partial charge in [-0.1, -0.05) is 0 Å². The molecule has 1 aliphatic rings. The van der Waals surface area contributed by atoms with E-state index in [4.69, 9.17) is 0 Å². The van der Waals surface area contributed by atoms with Crippen LogP contribution in [0.3, 0.4) is 0 Å². The van der Waals surface area contributed by atoms with Crippen molar-refractivity contribution in [3.8, 4) is 0 Å². The van der Waals surface area contributed by atoms with Gasteiger partial charge in [-0.15, -0.1) is 0 Å². The lowest BCUT2D eigenvalue weighted by molar-refractivity contribution is -0.148. The molecule has 0 aliphatic heterocycles. The van der Waals surface area contributed by atoms with Gasteiger partial charge in [0.15, 0.2) is 6.04 Å². The summed E-state index contributed by atoms with van der Waals surface area (Å²) in [5, 5.41) is 11.7. The van der Waals surface area contributed by atoms with Crippen LogP contribution < -0.4 is 5.32 Å². The van der Waals surface area contributed by atoms with Crippen molar-refractivity contribution >= 4 is 11.9 Å². The molecule has 0 unspecified atom stereocenters. The van der Waals surface area contributed by atoms with E-state index in [0.717, 1.165) is 12.8 Å². The molecule has 1 fully saturated rings. The summed E-state index contributed by atoms with van der Waals surface area (Å²) in [6, 6.07) is -0.951. The minimum Gasteiger partial charge on any atom is -0.467 e. The molecule has 2 N–H and O–H groups in total. The van der Waals surface area contributed by atoms with E-state index in [1.54, 1.807) is 0 Å². The molecule has 14 heavy (non-hydrogen) atoms. The molecule has 0 radical (unpaired) electrons. The number of aliphatic hydroxyl groups is 1. The molecule has 1 rings (SSSR count). The highest BCUT2D eigenvalue weighted by molar-refractivity contribution is 5.87. The third-order valence-corrected chi connectivity index (χ3v) is 2.18. The van der Waals surface area contributed by atoms with E-state index in [-0.39, 0.29) is 11.8 Å². The van der Waals surface area contributed by atoms with Crippen LogP contribution in [0.2, 0.25) is 0 Å². The first-order valence-electron chi connectivity index (χ1n) is 4.62. The lowest BCUT2D eigenvalue weighted by Gasteiger charge is -2.18. The number of hydrogen-bond donors (Lipinski definition) is 2. The van der Waals surface area contributed by atoms with Gasteiger partial charge in [0.1, 0.15) is 0 Å². The Kier molecular flexibility index (Phi) is 3.46.